The van der Waals surface area contributed by atoms with Gasteiger partial charge in [0.1, 0.15) is 12.4 Å². The van der Waals surface area contributed by atoms with Crippen LogP contribution in [0.15, 0.2) is 18.2 Å². The number of rotatable bonds is 2. The van der Waals surface area contributed by atoms with Crippen LogP contribution in [0.3, 0.4) is 0 Å². The molecule has 1 fully saturated rings. The van der Waals surface area contributed by atoms with Crippen molar-refractivity contribution in [1.29, 1.82) is 0 Å². The number of aliphatic hydroxyl groups excluding tert-OH is 1. The third-order valence-corrected chi connectivity index (χ3v) is 3.70. The van der Waals surface area contributed by atoms with E-state index in [1.54, 1.807) is 0 Å². The second-order valence-corrected chi connectivity index (χ2v) is 5.14. The van der Waals surface area contributed by atoms with Gasteiger partial charge in [0.05, 0.1) is 5.56 Å². The quantitative estimate of drug-likeness (QED) is 0.812. The van der Waals surface area contributed by atoms with E-state index in [0.29, 0.717) is 11.5 Å². The van der Waals surface area contributed by atoms with Crippen molar-refractivity contribution < 1.29 is 14.3 Å². The molecule has 2 atom stereocenters. The van der Waals surface area contributed by atoms with Crippen LogP contribution < -0.4 is 5.32 Å². The fourth-order valence-electron chi connectivity index (χ4n) is 2.52. The summed E-state index contributed by atoms with van der Waals surface area (Å²) >= 11 is 0. The number of carbonyl (C=O) groups is 1. The minimum absolute atomic E-state index is 0.00818. The lowest BCUT2D eigenvalue weighted by molar-refractivity contribution is 0.0925. The maximum Gasteiger partial charge on any atom is 0.254 e. The molecule has 2 N–H and O–H groups in total. The van der Waals surface area contributed by atoms with E-state index in [2.05, 4.69) is 24.1 Å². The van der Waals surface area contributed by atoms with Gasteiger partial charge in [-0.2, -0.15) is 0 Å². The Balaban J connectivity index is 2.16. The molecule has 0 aliphatic heterocycles. The zero-order valence-corrected chi connectivity index (χ0v) is 11.4. The van der Waals surface area contributed by atoms with Gasteiger partial charge in [-0.15, -0.1) is 0 Å². The van der Waals surface area contributed by atoms with E-state index >= 15 is 0 Å². The van der Waals surface area contributed by atoms with Gasteiger partial charge in [0, 0.05) is 11.6 Å². The highest BCUT2D eigenvalue weighted by molar-refractivity contribution is 5.95. The molecule has 20 heavy (non-hydrogen) atoms. The summed E-state index contributed by atoms with van der Waals surface area (Å²) in [5.41, 5.74) is 0.527. The van der Waals surface area contributed by atoms with E-state index in [4.69, 9.17) is 5.11 Å². The Hall–Kier alpha value is -1.86. The van der Waals surface area contributed by atoms with Crippen LogP contribution in [0.25, 0.3) is 0 Å². The van der Waals surface area contributed by atoms with Crippen molar-refractivity contribution >= 4 is 5.91 Å². The molecule has 1 aliphatic rings. The van der Waals surface area contributed by atoms with Crippen molar-refractivity contribution in [2.75, 3.05) is 6.61 Å². The minimum atomic E-state index is -0.553. The molecule has 1 aromatic carbocycles. The lowest BCUT2D eigenvalue weighted by Gasteiger charge is -2.17. The number of halogens is 1. The number of benzene rings is 1. The fourth-order valence-corrected chi connectivity index (χ4v) is 2.52. The maximum absolute atomic E-state index is 13.8. The summed E-state index contributed by atoms with van der Waals surface area (Å²) < 4.78 is 13.8. The van der Waals surface area contributed by atoms with Gasteiger partial charge in [0.15, 0.2) is 0 Å². The van der Waals surface area contributed by atoms with E-state index in [0.717, 1.165) is 19.3 Å². The largest absolute Gasteiger partial charge is 0.384 e. The standard InChI is InChI=1S/C16H18FNO2/c1-11-4-2-6-15(11)18-16(20)13-10-12(5-3-9-19)7-8-14(13)17/h7-8,10-11,15,19H,2,4,6,9H2,1H3,(H,18,20). The Labute approximate surface area is 118 Å². The molecule has 0 bridgehead atoms. The number of carbonyl (C=O) groups excluding carboxylic acids is 1. The Morgan fingerprint density at radius 2 is 2.30 bits per heavy atom. The van der Waals surface area contributed by atoms with E-state index in [1.165, 1.54) is 18.2 Å². The Morgan fingerprint density at radius 3 is 2.95 bits per heavy atom. The predicted molar refractivity (Wildman–Crippen MR) is 74.6 cm³/mol. The van der Waals surface area contributed by atoms with E-state index in [-0.39, 0.29) is 18.2 Å². The third kappa shape index (κ3) is 3.37. The Morgan fingerprint density at radius 1 is 1.50 bits per heavy atom. The monoisotopic (exact) mass is 275 g/mol. The average Bonchev–Trinajstić information content (AvgIpc) is 2.83. The minimum Gasteiger partial charge on any atom is -0.384 e. The summed E-state index contributed by atoms with van der Waals surface area (Å²) in [4.78, 5) is 12.1. The Bertz CT molecular complexity index is 559. The van der Waals surface area contributed by atoms with Crippen LogP contribution in [-0.4, -0.2) is 23.7 Å². The number of nitrogens with one attached hydrogen (secondary N) is 1. The molecule has 1 aliphatic carbocycles. The molecule has 2 unspecified atom stereocenters. The molecular formula is C16H18FNO2. The molecule has 0 saturated heterocycles. The zero-order chi connectivity index (χ0) is 14.5. The van der Waals surface area contributed by atoms with Gasteiger partial charge in [-0.3, -0.25) is 4.79 Å². The molecular weight excluding hydrogens is 257 g/mol. The SMILES string of the molecule is CC1CCCC1NC(=O)c1cc(C#CCO)ccc1F. The van der Waals surface area contributed by atoms with Crippen molar-refractivity contribution in [2.24, 2.45) is 5.92 Å². The lowest BCUT2D eigenvalue weighted by Crippen LogP contribution is -2.36. The van der Waals surface area contributed by atoms with Crippen LogP contribution in [0.2, 0.25) is 0 Å². The van der Waals surface area contributed by atoms with Crippen LogP contribution in [0.1, 0.15) is 42.1 Å². The first kappa shape index (κ1) is 14.5. The van der Waals surface area contributed by atoms with Crippen LogP contribution in [-0.2, 0) is 0 Å². The second kappa shape index (κ2) is 6.53. The third-order valence-electron chi connectivity index (χ3n) is 3.70. The van der Waals surface area contributed by atoms with E-state index < -0.39 is 11.7 Å². The summed E-state index contributed by atoms with van der Waals surface area (Å²) in [6, 6.07) is 4.27. The van der Waals surface area contributed by atoms with Crippen molar-refractivity contribution in [3.8, 4) is 11.8 Å². The van der Waals surface area contributed by atoms with Gasteiger partial charge in [0.25, 0.3) is 5.91 Å². The maximum atomic E-state index is 13.8. The summed E-state index contributed by atoms with van der Waals surface area (Å²) in [7, 11) is 0. The van der Waals surface area contributed by atoms with Crippen molar-refractivity contribution in [2.45, 2.75) is 32.2 Å². The molecule has 1 amide bonds. The van der Waals surface area contributed by atoms with E-state index in [1.807, 2.05) is 0 Å². The average molecular weight is 275 g/mol. The van der Waals surface area contributed by atoms with Gasteiger partial charge >= 0.3 is 0 Å². The number of amides is 1. The molecule has 1 saturated carbocycles. The first-order valence-corrected chi connectivity index (χ1v) is 6.82. The van der Waals surface area contributed by atoms with Crippen molar-refractivity contribution in [1.82, 2.24) is 5.32 Å². The van der Waals surface area contributed by atoms with Crippen LogP contribution in [0, 0.1) is 23.6 Å². The van der Waals surface area contributed by atoms with E-state index in [9.17, 15) is 9.18 Å². The lowest BCUT2D eigenvalue weighted by atomic mass is 10.0. The second-order valence-electron chi connectivity index (χ2n) is 5.14. The number of aliphatic hydroxyl groups is 1. The normalized spacial score (nSPS) is 21.1. The first-order chi connectivity index (χ1) is 9.61. The Kier molecular flexibility index (Phi) is 4.75. The van der Waals surface area contributed by atoms with Gasteiger partial charge in [-0.25, -0.2) is 4.39 Å². The fraction of sp³-hybridized carbons (Fsp3) is 0.438. The van der Waals surface area contributed by atoms with Gasteiger partial charge in [-0.05, 0) is 37.0 Å². The van der Waals surface area contributed by atoms with Crippen molar-refractivity contribution in [3.05, 3.63) is 35.1 Å². The number of hydrogen-bond acceptors (Lipinski definition) is 2. The highest BCUT2D eigenvalue weighted by Gasteiger charge is 2.26. The molecule has 0 spiro atoms. The van der Waals surface area contributed by atoms with Crippen molar-refractivity contribution in [3.63, 3.8) is 0 Å². The molecule has 3 nitrogen and oxygen atoms in total. The topological polar surface area (TPSA) is 49.3 Å². The zero-order valence-electron chi connectivity index (χ0n) is 11.4. The summed E-state index contributed by atoms with van der Waals surface area (Å²) in [5, 5.41) is 11.5. The highest BCUT2D eigenvalue weighted by Crippen LogP contribution is 2.25. The van der Waals surface area contributed by atoms with Crippen LogP contribution in [0.4, 0.5) is 4.39 Å². The number of hydrogen-bond donors (Lipinski definition) is 2. The van der Waals surface area contributed by atoms with Crippen LogP contribution in [0.5, 0.6) is 0 Å². The molecule has 4 heteroatoms. The smallest absolute Gasteiger partial charge is 0.254 e. The summed E-state index contributed by atoms with van der Waals surface area (Å²) in [5.74, 6) is 4.64. The molecule has 106 valence electrons. The van der Waals surface area contributed by atoms with Gasteiger partial charge in [-0.1, -0.05) is 25.2 Å². The molecule has 0 radical (unpaired) electrons. The highest BCUT2D eigenvalue weighted by atomic mass is 19.1. The predicted octanol–water partition coefficient (Wildman–Crippen LogP) is 2.09. The molecule has 0 aromatic heterocycles. The first-order valence-electron chi connectivity index (χ1n) is 6.82. The summed E-state index contributed by atoms with van der Waals surface area (Å²) in [6.07, 6.45) is 3.13. The van der Waals surface area contributed by atoms with Gasteiger partial charge in [0.2, 0.25) is 0 Å². The molecule has 2 rings (SSSR count). The molecule has 1 aromatic rings. The molecule has 0 heterocycles. The summed E-state index contributed by atoms with van der Waals surface area (Å²) in [6.45, 7) is 1.83. The van der Waals surface area contributed by atoms with Crippen LogP contribution >= 0.6 is 0 Å². The van der Waals surface area contributed by atoms with Gasteiger partial charge < -0.3 is 10.4 Å².